The third-order valence-corrected chi connectivity index (χ3v) is 5.66. The van der Waals surface area contributed by atoms with Gasteiger partial charge in [0.25, 0.3) is 5.56 Å². The number of aromatic nitrogens is 2. The fraction of sp³-hybridized carbons (Fsp3) is 0.278. The first kappa shape index (κ1) is 17.9. The molecular formula is C18H17N3O4S2. The van der Waals surface area contributed by atoms with Crippen LogP contribution in [-0.2, 0) is 17.1 Å². The van der Waals surface area contributed by atoms with Crippen molar-refractivity contribution in [2.45, 2.75) is 12.3 Å². The van der Waals surface area contributed by atoms with Crippen LogP contribution < -0.4 is 20.3 Å². The van der Waals surface area contributed by atoms with Crippen LogP contribution in [0.15, 0.2) is 40.6 Å². The molecule has 0 spiro atoms. The van der Waals surface area contributed by atoms with E-state index in [1.807, 2.05) is 23.6 Å². The molecule has 27 heavy (non-hydrogen) atoms. The lowest BCUT2D eigenvalue weighted by Crippen LogP contribution is -2.25. The Hall–Kier alpha value is -2.52. The maximum Gasteiger partial charge on any atom is 0.258 e. The Morgan fingerprint density at radius 3 is 3.00 bits per heavy atom. The zero-order valence-corrected chi connectivity index (χ0v) is 16.0. The number of thioether (sulfide) groups is 1. The van der Waals surface area contributed by atoms with Crippen molar-refractivity contribution in [3.8, 4) is 11.5 Å². The smallest absolute Gasteiger partial charge is 0.258 e. The van der Waals surface area contributed by atoms with Gasteiger partial charge < -0.3 is 14.8 Å². The summed E-state index contributed by atoms with van der Waals surface area (Å²) < 4.78 is 12.5. The number of nitrogens with one attached hydrogen (secondary N) is 1. The summed E-state index contributed by atoms with van der Waals surface area (Å²) in [5.41, 5.74) is 1.54. The maximum atomic E-state index is 12.1. The van der Waals surface area contributed by atoms with Gasteiger partial charge in [-0.05, 0) is 17.7 Å². The summed E-state index contributed by atoms with van der Waals surface area (Å²) in [4.78, 5) is 29.1. The largest absolute Gasteiger partial charge is 0.486 e. The summed E-state index contributed by atoms with van der Waals surface area (Å²) in [7, 11) is 0. The predicted octanol–water partition coefficient (Wildman–Crippen LogP) is 2.08. The van der Waals surface area contributed by atoms with Crippen LogP contribution in [0, 0.1) is 0 Å². The van der Waals surface area contributed by atoms with E-state index in [1.54, 1.807) is 6.20 Å². The van der Waals surface area contributed by atoms with Gasteiger partial charge >= 0.3 is 0 Å². The normalized spacial score (nSPS) is 12.9. The van der Waals surface area contributed by atoms with Gasteiger partial charge in [0, 0.05) is 29.9 Å². The lowest BCUT2D eigenvalue weighted by atomic mass is 10.2. The molecule has 1 aromatic carbocycles. The number of thiazole rings is 1. The average Bonchev–Trinajstić information content (AvgIpc) is 3.15. The zero-order chi connectivity index (χ0) is 18.6. The van der Waals surface area contributed by atoms with Crippen molar-refractivity contribution in [2.75, 3.05) is 19.0 Å². The second kappa shape index (κ2) is 8.01. The van der Waals surface area contributed by atoms with Crippen molar-refractivity contribution in [3.05, 3.63) is 57.5 Å². The van der Waals surface area contributed by atoms with Crippen LogP contribution in [0.4, 0.5) is 0 Å². The molecule has 3 aromatic rings. The van der Waals surface area contributed by atoms with Crippen LogP contribution in [0.25, 0.3) is 4.96 Å². The van der Waals surface area contributed by atoms with Gasteiger partial charge in [-0.25, -0.2) is 4.98 Å². The number of carbonyl (C=O) groups is 1. The molecule has 1 aliphatic heterocycles. The SMILES string of the molecule is O=C(CSCc1cc(=O)n2ccsc2n1)NCc1ccc2c(c1)OCCO2. The van der Waals surface area contributed by atoms with E-state index < -0.39 is 0 Å². The molecule has 0 bridgehead atoms. The van der Waals surface area contributed by atoms with Crippen molar-refractivity contribution in [3.63, 3.8) is 0 Å². The molecule has 4 rings (SSSR count). The van der Waals surface area contributed by atoms with Crippen LogP contribution in [0.3, 0.4) is 0 Å². The third kappa shape index (κ3) is 4.25. The van der Waals surface area contributed by atoms with Crippen LogP contribution in [0.5, 0.6) is 11.5 Å². The second-order valence-electron chi connectivity index (χ2n) is 5.89. The molecular weight excluding hydrogens is 386 g/mol. The van der Waals surface area contributed by atoms with Crippen LogP contribution in [0.1, 0.15) is 11.3 Å². The quantitative estimate of drug-likeness (QED) is 0.679. The Balaban J connectivity index is 1.26. The number of fused-ring (bicyclic) bond motifs is 2. The zero-order valence-electron chi connectivity index (χ0n) is 14.3. The van der Waals surface area contributed by atoms with E-state index in [2.05, 4.69) is 10.3 Å². The highest BCUT2D eigenvalue weighted by atomic mass is 32.2. The van der Waals surface area contributed by atoms with Crippen molar-refractivity contribution in [1.29, 1.82) is 0 Å². The van der Waals surface area contributed by atoms with Gasteiger partial charge in [-0.2, -0.15) is 0 Å². The Labute approximate surface area is 163 Å². The summed E-state index contributed by atoms with van der Waals surface area (Å²) in [6.07, 6.45) is 1.71. The van der Waals surface area contributed by atoms with Crippen LogP contribution >= 0.6 is 23.1 Å². The van der Waals surface area contributed by atoms with Crippen molar-refractivity contribution >= 4 is 34.0 Å². The molecule has 0 unspecified atom stereocenters. The first-order valence-electron chi connectivity index (χ1n) is 8.38. The molecule has 140 valence electrons. The monoisotopic (exact) mass is 403 g/mol. The minimum atomic E-state index is -0.0973. The molecule has 0 fully saturated rings. The van der Waals surface area contributed by atoms with Gasteiger partial charge in [-0.15, -0.1) is 23.1 Å². The number of hydrogen-bond donors (Lipinski definition) is 1. The molecule has 1 amide bonds. The molecule has 0 atom stereocenters. The minimum absolute atomic E-state index is 0.0659. The number of carbonyl (C=O) groups excluding carboxylic acids is 1. The first-order valence-corrected chi connectivity index (χ1v) is 10.4. The second-order valence-corrected chi connectivity index (χ2v) is 7.75. The lowest BCUT2D eigenvalue weighted by Gasteiger charge is -2.18. The molecule has 2 aromatic heterocycles. The molecule has 0 aliphatic carbocycles. The number of nitrogens with zero attached hydrogens (tertiary/aromatic N) is 2. The van der Waals surface area contributed by atoms with Crippen molar-refractivity contribution in [1.82, 2.24) is 14.7 Å². The van der Waals surface area contributed by atoms with Gasteiger partial charge in [-0.3, -0.25) is 14.0 Å². The average molecular weight is 403 g/mol. The molecule has 3 heterocycles. The van der Waals surface area contributed by atoms with Gasteiger partial charge in [0.2, 0.25) is 5.91 Å². The van der Waals surface area contributed by atoms with Crippen LogP contribution in [-0.4, -0.2) is 34.3 Å². The minimum Gasteiger partial charge on any atom is -0.486 e. The Morgan fingerprint density at radius 2 is 2.11 bits per heavy atom. The number of rotatable bonds is 6. The molecule has 0 saturated heterocycles. The van der Waals surface area contributed by atoms with Crippen molar-refractivity contribution < 1.29 is 14.3 Å². The lowest BCUT2D eigenvalue weighted by molar-refractivity contribution is -0.118. The number of ether oxygens (including phenoxy) is 2. The highest BCUT2D eigenvalue weighted by molar-refractivity contribution is 7.99. The number of benzene rings is 1. The van der Waals surface area contributed by atoms with Crippen molar-refractivity contribution in [2.24, 2.45) is 0 Å². The molecule has 7 nitrogen and oxygen atoms in total. The summed E-state index contributed by atoms with van der Waals surface area (Å²) in [5, 5.41) is 4.71. The fourth-order valence-electron chi connectivity index (χ4n) is 2.66. The highest BCUT2D eigenvalue weighted by Crippen LogP contribution is 2.30. The van der Waals surface area contributed by atoms with E-state index in [9.17, 15) is 9.59 Å². The Morgan fingerprint density at radius 1 is 1.26 bits per heavy atom. The predicted molar refractivity (Wildman–Crippen MR) is 105 cm³/mol. The summed E-state index contributed by atoms with van der Waals surface area (Å²) in [5.74, 6) is 2.20. The Kier molecular flexibility index (Phi) is 5.30. The molecule has 0 saturated carbocycles. The van der Waals surface area contributed by atoms with Gasteiger partial charge in [0.15, 0.2) is 16.5 Å². The standard InChI is InChI=1S/C18H17N3O4S2/c22-16(19-9-12-1-2-14-15(7-12)25-5-4-24-14)11-26-10-13-8-17(23)21-3-6-27-18(21)20-13/h1-3,6-8H,4-5,9-11H2,(H,19,22). The van der Waals surface area contributed by atoms with E-state index in [-0.39, 0.29) is 11.5 Å². The van der Waals surface area contributed by atoms with E-state index in [4.69, 9.17) is 9.47 Å². The molecule has 1 N–H and O–H groups in total. The highest BCUT2D eigenvalue weighted by Gasteiger charge is 2.12. The van der Waals surface area contributed by atoms with E-state index in [1.165, 1.54) is 33.6 Å². The van der Waals surface area contributed by atoms with Crippen LogP contribution in [0.2, 0.25) is 0 Å². The van der Waals surface area contributed by atoms with E-state index >= 15 is 0 Å². The molecule has 9 heteroatoms. The van der Waals surface area contributed by atoms with E-state index in [0.29, 0.717) is 47.7 Å². The topological polar surface area (TPSA) is 81.9 Å². The summed E-state index contributed by atoms with van der Waals surface area (Å²) in [6, 6.07) is 7.17. The van der Waals surface area contributed by atoms with E-state index in [0.717, 1.165) is 11.3 Å². The molecule has 1 aliphatic rings. The first-order chi connectivity index (χ1) is 13.2. The van der Waals surface area contributed by atoms with Gasteiger partial charge in [0.1, 0.15) is 13.2 Å². The maximum absolute atomic E-state index is 12.1. The summed E-state index contributed by atoms with van der Waals surface area (Å²) in [6.45, 7) is 1.52. The summed E-state index contributed by atoms with van der Waals surface area (Å²) >= 11 is 2.84. The third-order valence-electron chi connectivity index (χ3n) is 3.94. The fourth-order valence-corrected chi connectivity index (χ4v) is 4.14. The van der Waals surface area contributed by atoms with Gasteiger partial charge in [0.05, 0.1) is 11.4 Å². The Bertz CT molecular complexity index is 1030. The van der Waals surface area contributed by atoms with Gasteiger partial charge in [-0.1, -0.05) is 6.07 Å². The number of amides is 1. The number of hydrogen-bond acceptors (Lipinski definition) is 7. The molecule has 0 radical (unpaired) electrons.